The second-order valence-corrected chi connectivity index (χ2v) is 3.97. The molecule has 0 atom stereocenters. The highest BCUT2D eigenvalue weighted by Crippen LogP contribution is 2.19. The van der Waals surface area contributed by atoms with Crippen LogP contribution < -0.4 is 0 Å². The lowest BCUT2D eigenvalue weighted by atomic mass is 10.1. The van der Waals surface area contributed by atoms with Crippen LogP contribution in [0, 0.1) is 5.82 Å². The molecule has 1 aromatic rings. The number of phenolic OH excluding ortho intramolecular Hbond substituents is 1. The third kappa shape index (κ3) is 4.44. The van der Waals surface area contributed by atoms with Crippen LogP contribution in [-0.2, 0) is 19.1 Å². The maximum absolute atomic E-state index is 13.2. The lowest BCUT2D eigenvalue weighted by Crippen LogP contribution is -2.40. The van der Waals surface area contributed by atoms with E-state index in [0.717, 1.165) is 37.3 Å². The summed E-state index contributed by atoms with van der Waals surface area (Å²) in [5, 5.41) is 9.59. The van der Waals surface area contributed by atoms with Crippen LogP contribution in [0.2, 0.25) is 0 Å². The molecule has 0 unspecified atom stereocenters. The Balaban J connectivity index is 3.05. The predicted octanol–water partition coefficient (Wildman–Crippen LogP) is 0.319. The Morgan fingerprint density at radius 2 is 1.67 bits per heavy atom. The predicted molar refractivity (Wildman–Crippen MR) is 68.0 cm³/mol. The van der Waals surface area contributed by atoms with Crippen LogP contribution in [0.1, 0.15) is 10.4 Å². The number of methoxy groups -OCH3 is 2. The molecule has 1 aromatic carbocycles. The minimum atomic E-state index is -0.900. The first-order chi connectivity index (χ1) is 9.88. The van der Waals surface area contributed by atoms with Gasteiger partial charge in [-0.1, -0.05) is 0 Å². The average molecular weight is 299 g/mol. The van der Waals surface area contributed by atoms with Crippen LogP contribution in [0.15, 0.2) is 18.2 Å². The number of nitrogens with zero attached hydrogens (tertiary/aromatic N) is 1. The summed E-state index contributed by atoms with van der Waals surface area (Å²) < 4.78 is 22.0. The van der Waals surface area contributed by atoms with Crippen LogP contribution in [-0.4, -0.2) is 55.2 Å². The van der Waals surface area contributed by atoms with Gasteiger partial charge in [-0.3, -0.25) is 14.4 Å². The highest BCUT2D eigenvalue weighted by atomic mass is 19.1. The Kier molecular flexibility index (Phi) is 5.65. The van der Waals surface area contributed by atoms with Crippen LogP contribution in [0.4, 0.5) is 4.39 Å². The number of phenols is 1. The molecule has 1 N–H and O–H groups in total. The molecule has 0 aromatic heterocycles. The monoisotopic (exact) mass is 299 g/mol. The van der Waals surface area contributed by atoms with Gasteiger partial charge in [0.25, 0.3) is 5.91 Å². The molecule has 0 saturated heterocycles. The SMILES string of the molecule is COC(=O)CN(CC(=O)OC)C(=O)c1cc(F)ccc1O. The molecular weight excluding hydrogens is 285 g/mol. The third-order valence-corrected chi connectivity index (χ3v) is 2.57. The van der Waals surface area contributed by atoms with E-state index in [4.69, 9.17) is 0 Å². The first kappa shape index (κ1) is 16.4. The first-order valence-electron chi connectivity index (χ1n) is 5.80. The Bertz CT molecular complexity index is 542. The van der Waals surface area contributed by atoms with Crippen molar-refractivity contribution in [2.45, 2.75) is 0 Å². The van der Waals surface area contributed by atoms with Crippen LogP contribution >= 0.6 is 0 Å². The molecule has 0 aliphatic rings. The lowest BCUT2D eigenvalue weighted by Gasteiger charge is -2.20. The summed E-state index contributed by atoms with van der Waals surface area (Å²) in [6.45, 7) is -1.08. The molecule has 0 fully saturated rings. The van der Waals surface area contributed by atoms with Gasteiger partial charge in [-0.15, -0.1) is 0 Å². The zero-order valence-electron chi connectivity index (χ0n) is 11.5. The number of ether oxygens (including phenoxy) is 2. The summed E-state index contributed by atoms with van der Waals surface area (Å²) in [5.41, 5.74) is -0.372. The summed E-state index contributed by atoms with van der Waals surface area (Å²) in [4.78, 5) is 35.5. The first-order valence-corrected chi connectivity index (χ1v) is 5.80. The van der Waals surface area contributed by atoms with Crippen molar-refractivity contribution in [3.63, 3.8) is 0 Å². The van der Waals surface area contributed by atoms with Gasteiger partial charge < -0.3 is 19.5 Å². The Morgan fingerprint density at radius 3 is 2.14 bits per heavy atom. The second kappa shape index (κ2) is 7.22. The second-order valence-electron chi connectivity index (χ2n) is 3.97. The summed E-state index contributed by atoms with van der Waals surface area (Å²) in [7, 11) is 2.23. The fourth-order valence-electron chi connectivity index (χ4n) is 1.49. The van der Waals surface area contributed by atoms with Gasteiger partial charge in [0.15, 0.2) is 0 Å². The molecule has 0 heterocycles. The zero-order chi connectivity index (χ0) is 16.0. The third-order valence-electron chi connectivity index (χ3n) is 2.57. The lowest BCUT2D eigenvalue weighted by molar-refractivity contribution is -0.144. The molecular formula is C13H14FNO6. The van der Waals surface area contributed by atoms with Gasteiger partial charge in [0.1, 0.15) is 24.7 Å². The molecule has 1 amide bonds. The number of amides is 1. The van der Waals surface area contributed by atoms with Crippen molar-refractivity contribution in [2.75, 3.05) is 27.3 Å². The van der Waals surface area contributed by atoms with E-state index in [9.17, 15) is 23.9 Å². The molecule has 114 valence electrons. The van der Waals surface area contributed by atoms with E-state index in [2.05, 4.69) is 9.47 Å². The van der Waals surface area contributed by atoms with E-state index in [1.165, 1.54) is 0 Å². The molecule has 21 heavy (non-hydrogen) atoms. The Labute approximate surface area is 119 Å². The van der Waals surface area contributed by atoms with Crippen molar-refractivity contribution in [1.29, 1.82) is 0 Å². The van der Waals surface area contributed by atoms with Crippen LogP contribution in [0.3, 0.4) is 0 Å². The van der Waals surface area contributed by atoms with Gasteiger partial charge in [0.05, 0.1) is 19.8 Å². The fourth-order valence-corrected chi connectivity index (χ4v) is 1.49. The maximum atomic E-state index is 13.2. The number of carbonyl (C=O) groups is 3. The van der Waals surface area contributed by atoms with Crippen molar-refractivity contribution in [3.8, 4) is 5.75 Å². The molecule has 0 aliphatic heterocycles. The largest absolute Gasteiger partial charge is 0.507 e. The number of hydrogen-bond acceptors (Lipinski definition) is 6. The van der Waals surface area contributed by atoms with Gasteiger partial charge in [0.2, 0.25) is 0 Å². The molecule has 0 spiro atoms. The number of esters is 2. The van der Waals surface area contributed by atoms with Crippen molar-refractivity contribution in [3.05, 3.63) is 29.6 Å². The molecule has 0 radical (unpaired) electrons. The van der Waals surface area contributed by atoms with E-state index in [0.29, 0.717) is 0 Å². The van der Waals surface area contributed by atoms with Gasteiger partial charge in [-0.25, -0.2) is 4.39 Å². The highest BCUT2D eigenvalue weighted by molar-refractivity contribution is 5.99. The Hall–Kier alpha value is -2.64. The number of hydrogen-bond donors (Lipinski definition) is 1. The molecule has 1 rings (SSSR count). The highest BCUT2D eigenvalue weighted by Gasteiger charge is 2.24. The summed E-state index contributed by atoms with van der Waals surface area (Å²) in [6, 6.07) is 2.77. The topological polar surface area (TPSA) is 93.1 Å². The maximum Gasteiger partial charge on any atom is 0.325 e. The molecule has 0 saturated carbocycles. The number of halogens is 1. The summed E-state index contributed by atoms with van der Waals surface area (Å²) in [5.74, 6) is -3.66. The fraction of sp³-hybridized carbons (Fsp3) is 0.308. The van der Waals surface area contributed by atoms with E-state index in [1.807, 2.05) is 0 Å². The number of benzene rings is 1. The van der Waals surface area contributed by atoms with E-state index in [1.54, 1.807) is 0 Å². The van der Waals surface area contributed by atoms with Gasteiger partial charge >= 0.3 is 11.9 Å². The van der Waals surface area contributed by atoms with Crippen molar-refractivity contribution in [2.24, 2.45) is 0 Å². The summed E-state index contributed by atoms with van der Waals surface area (Å²) in [6.07, 6.45) is 0. The minimum Gasteiger partial charge on any atom is -0.507 e. The standard InChI is InChI=1S/C13H14FNO6/c1-20-11(17)6-15(7-12(18)21-2)13(19)9-5-8(14)3-4-10(9)16/h3-5,16H,6-7H2,1-2H3. The quantitative estimate of drug-likeness (QED) is 0.787. The minimum absolute atomic E-state index is 0.372. The molecule has 8 heteroatoms. The van der Waals surface area contributed by atoms with Crippen molar-refractivity contribution < 1.29 is 33.4 Å². The van der Waals surface area contributed by atoms with Crippen molar-refractivity contribution >= 4 is 17.8 Å². The van der Waals surface area contributed by atoms with Gasteiger partial charge in [0, 0.05) is 0 Å². The number of aromatic hydroxyl groups is 1. The van der Waals surface area contributed by atoms with E-state index in [-0.39, 0.29) is 5.56 Å². The molecule has 0 bridgehead atoms. The summed E-state index contributed by atoms with van der Waals surface area (Å²) >= 11 is 0. The van der Waals surface area contributed by atoms with E-state index >= 15 is 0 Å². The average Bonchev–Trinajstić information content (AvgIpc) is 2.47. The molecule has 0 aliphatic carbocycles. The van der Waals surface area contributed by atoms with Gasteiger partial charge in [-0.05, 0) is 18.2 Å². The molecule has 7 nitrogen and oxygen atoms in total. The normalized spacial score (nSPS) is 9.86. The zero-order valence-corrected chi connectivity index (χ0v) is 11.5. The van der Waals surface area contributed by atoms with E-state index < -0.39 is 42.5 Å². The number of rotatable bonds is 5. The number of carbonyl (C=O) groups excluding carboxylic acids is 3. The Morgan fingerprint density at radius 1 is 1.14 bits per heavy atom. The van der Waals surface area contributed by atoms with Crippen LogP contribution in [0.5, 0.6) is 5.75 Å². The smallest absolute Gasteiger partial charge is 0.325 e. The van der Waals surface area contributed by atoms with Gasteiger partial charge in [-0.2, -0.15) is 0 Å². The van der Waals surface area contributed by atoms with Crippen molar-refractivity contribution in [1.82, 2.24) is 4.90 Å². The van der Waals surface area contributed by atoms with Crippen LogP contribution in [0.25, 0.3) is 0 Å².